The van der Waals surface area contributed by atoms with Crippen molar-refractivity contribution in [1.29, 1.82) is 0 Å². The van der Waals surface area contributed by atoms with Gasteiger partial charge in [-0.15, -0.1) is 0 Å². The Morgan fingerprint density at radius 1 is 0.897 bits per heavy atom. The Morgan fingerprint density at radius 2 is 1.62 bits per heavy atom. The molecule has 2 saturated heterocycles. The summed E-state index contributed by atoms with van der Waals surface area (Å²) in [6.45, 7) is 8.66. The molecule has 9 nitrogen and oxygen atoms in total. The first-order chi connectivity index (χ1) is 18.9. The van der Waals surface area contributed by atoms with Crippen LogP contribution in [-0.2, 0) is 16.1 Å². The largest absolute Gasteiger partial charge is 0.353 e. The number of piperazine rings is 1. The van der Waals surface area contributed by atoms with E-state index in [1.54, 1.807) is 0 Å². The molecule has 39 heavy (non-hydrogen) atoms. The molecule has 0 spiro atoms. The molecular weight excluding hydrogens is 490 g/mol. The molecular formula is C30H39N7O2. The fourth-order valence-electron chi connectivity index (χ4n) is 5.32. The molecule has 0 unspecified atom stereocenters. The van der Waals surface area contributed by atoms with Crippen LogP contribution in [0.25, 0.3) is 10.9 Å². The number of likely N-dealkylation sites (tertiary alicyclic amines) is 1. The summed E-state index contributed by atoms with van der Waals surface area (Å²) in [4.78, 5) is 41.6. The lowest BCUT2D eigenvalue weighted by atomic mass is 10.0. The smallest absolute Gasteiger partial charge is 0.226 e. The number of anilines is 2. The molecule has 2 aliphatic heterocycles. The molecule has 3 aromatic rings. The maximum atomic E-state index is 12.6. The van der Waals surface area contributed by atoms with Gasteiger partial charge in [0.25, 0.3) is 0 Å². The van der Waals surface area contributed by atoms with Crippen LogP contribution >= 0.6 is 0 Å². The van der Waals surface area contributed by atoms with Crippen molar-refractivity contribution in [2.45, 2.75) is 45.2 Å². The van der Waals surface area contributed by atoms with Crippen LogP contribution in [0.4, 0.5) is 11.6 Å². The minimum absolute atomic E-state index is 0.0640. The first-order valence-corrected chi connectivity index (χ1v) is 14.0. The minimum atomic E-state index is -0.171. The van der Waals surface area contributed by atoms with Crippen molar-refractivity contribution in [3.8, 4) is 0 Å². The van der Waals surface area contributed by atoms with Crippen molar-refractivity contribution < 1.29 is 9.59 Å². The number of likely N-dealkylation sites (N-methyl/N-ethyl adjacent to an activating group) is 1. The lowest BCUT2D eigenvalue weighted by Gasteiger charge is -2.32. The molecule has 9 heteroatoms. The lowest BCUT2D eigenvalue weighted by Crippen LogP contribution is -2.45. The zero-order valence-corrected chi connectivity index (χ0v) is 23.0. The molecule has 2 amide bonds. The van der Waals surface area contributed by atoms with E-state index in [2.05, 4.69) is 56.6 Å². The Bertz CT molecular complexity index is 1280. The number of carbonyl (C=O) groups is 2. The summed E-state index contributed by atoms with van der Waals surface area (Å²) in [5.74, 6) is 0.526. The second-order valence-electron chi connectivity index (χ2n) is 10.8. The Balaban J connectivity index is 1.07. The summed E-state index contributed by atoms with van der Waals surface area (Å²) >= 11 is 0. The number of hydrogen-bond acceptors (Lipinski definition) is 7. The second-order valence-corrected chi connectivity index (χ2v) is 10.8. The number of nitrogens with one attached hydrogen (secondary N) is 2. The number of amides is 2. The van der Waals surface area contributed by atoms with Crippen LogP contribution in [-0.4, -0.2) is 83.9 Å². The second kappa shape index (κ2) is 12.5. The summed E-state index contributed by atoms with van der Waals surface area (Å²) < 4.78 is 0. The maximum absolute atomic E-state index is 12.6. The summed E-state index contributed by atoms with van der Waals surface area (Å²) in [5, 5.41) is 6.97. The van der Waals surface area contributed by atoms with E-state index in [0.29, 0.717) is 5.69 Å². The van der Waals surface area contributed by atoms with Crippen LogP contribution < -0.4 is 15.5 Å². The van der Waals surface area contributed by atoms with Crippen molar-refractivity contribution >= 4 is 34.4 Å². The topological polar surface area (TPSA) is 93.7 Å². The first-order valence-electron chi connectivity index (χ1n) is 14.0. The van der Waals surface area contributed by atoms with Gasteiger partial charge in [-0.05, 0) is 50.6 Å². The van der Waals surface area contributed by atoms with Gasteiger partial charge in [0, 0.05) is 75.8 Å². The van der Waals surface area contributed by atoms with E-state index < -0.39 is 0 Å². The van der Waals surface area contributed by atoms with Crippen LogP contribution in [0.1, 0.15) is 36.9 Å². The number of aromatic nitrogens is 2. The van der Waals surface area contributed by atoms with Gasteiger partial charge < -0.3 is 20.4 Å². The van der Waals surface area contributed by atoms with Gasteiger partial charge >= 0.3 is 0 Å². The Kier molecular flexibility index (Phi) is 8.68. The summed E-state index contributed by atoms with van der Waals surface area (Å²) in [5.41, 5.74) is 3.76. The summed E-state index contributed by atoms with van der Waals surface area (Å²) in [6.07, 6.45) is 2.19. The Morgan fingerprint density at radius 3 is 2.36 bits per heavy atom. The third-order valence-electron chi connectivity index (χ3n) is 7.73. The van der Waals surface area contributed by atoms with Crippen LogP contribution in [0.2, 0.25) is 0 Å². The average molecular weight is 530 g/mol. The molecule has 2 aromatic carbocycles. The van der Waals surface area contributed by atoms with Crippen LogP contribution in [0.3, 0.4) is 0 Å². The zero-order chi connectivity index (χ0) is 27.2. The molecule has 2 aliphatic rings. The highest BCUT2D eigenvalue weighted by molar-refractivity contribution is 5.95. The summed E-state index contributed by atoms with van der Waals surface area (Å²) in [7, 11) is 2.13. The fraction of sp³-hybridized carbons (Fsp3) is 0.467. The molecule has 5 rings (SSSR count). The molecule has 2 fully saturated rings. The van der Waals surface area contributed by atoms with Crippen molar-refractivity contribution in [2.24, 2.45) is 0 Å². The van der Waals surface area contributed by atoms with Gasteiger partial charge in [-0.3, -0.25) is 14.5 Å². The molecule has 0 saturated carbocycles. The van der Waals surface area contributed by atoms with E-state index in [1.807, 2.05) is 31.2 Å². The van der Waals surface area contributed by atoms with E-state index in [0.717, 1.165) is 81.2 Å². The number of hydrogen-bond donors (Lipinski definition) is 2. The fourth-order valence-corrected chi connectivity index (χ4v) is 5.32. The van der Waals surface area contributed by atoms with Gasteiger partial charge in [-0.2, -0.15) is 0 Å². The normalized spacial score (nSPS) is 17.3. The summed E-state index contributed by atoms with van der Waals surface area (Å²) in [6, 6.07) is 16.4. The van der Waals surface area contributed by atoms with E-state index in [9.17, 15) is 9.59 Å². The molecule has 0 aliphatic carbocycles. The zero-order valence-electron chi connectivity index (χ0n) is 23.0. The molecule has 2 N–H and O–H groups in total. The number of benzene rings is 2. The van der Waals surface area contributed by atoms with E-state index in [-0.39, 0.29) is 30.7 Å². The maximum Gasteiger partial charge on any atom is 0.226 e. The number of fused-ring (bicyclic) bond motifs is 1. The van der Waals surface area contributed by atoms with Crippen molar-refractivity contribution in [2.75, 3.05) is 56.5 Å². The predicted octanol–water partition coefficient (Wildman–Crippen LogP) is 3.19. The van der Waals surface area contributed by atoms with Crippen LogP contribution in [0.5, 0.6) is 0 Å². The van der Waals surface area contributed by atoms with Gasteiger partial charge in [0.15, 0.2) is 0 Å². The molecule has 0 bridgehead atoms. The van der Waals surface area contributed by atoms with Crippen LogP contribution in [0, 0.1) is 6.92 Å². The Labute approximate surface area is 230 Å². The van der Waals surface area contributed by atoms with E-state index in [1.165, 1.54) is 5.56 Å². The number of rotatable bonds is 8. The highest BCUT2D eigenvalue weighted by Crippen LogP contribution is 2.23. The molecule has 206 valence electrons. The van der Waals surface area contributed by atoms with Gasteiger partial charge in [0.05, 0.1) is 11.2 Å². The molecule has 0 radical (unpaired) electrons. The standard InChI is InChI=1S/C30H39N7O2/c1-22-26-20-25(8-9-27(26)34-30(31-22)37-18-16-35(2)17-19-37)33-29(39)11-10-28(38)32-24-12-14-36(15-13-24)21-23-6-4-3-5-7-23/h3-9,20,24H,10-19,21H2,1-2H3,(H,32,38)(H,33,39). The third kappa shape index (κ3) is 7.30. The third-order valence-corrected chi connectivity index (χ3v) is 7.73. The van der Waals surface area contributed by atoms with Crippen molar-refractivity contribution in [1.82, 2.24) is 25.1 Å². The van der Waals surface area contributed by atoms with Crippen LogP contribution in [0.15, 0.2) is 48.5 Å². The van der Waals surface area contributed by atoms with Crippen molar-refractivity contribution in [3.05, 3.63) is 59.8 Å². The Hall–Kier alpha value is -3.56. The molecule has 1 aromatic heterocycles. The highest BCUT2D eigenvalue weighted by atomic mass is 16.2. The van der Waals surface area contributed by atoms with Gasteiger partial charge in [0.2, 0.25) is 17.8 Å². The number of carbonyl (C=O) groups excluding carboxylic acids is 2. The van der Waals surface area contributed by atoms with Gasteiger partial charge in [-0.25, -0.2) is 9.97 Å². The number of aryl methyl sites for hydroxylation is 1. The molecule has 3 heterocycles. The van der Waals surface area contributed by atoms with Gasteiger partial charge in [0.1, 0.15) is 0 Å². The SMILES string of the molecule is Cc1nc(N2CCN(C)CC2)nc2ccc(NC(=O)CCC(=O)NC3CCN(Cc4ccccc4)CC3)cc12. The monoisotopic (exact) mass is 529 g/mol. The predicted molar refractivity (Wildman–Crippen MR) is 155 cm³/mol. The van der Waals surface area contributed by atoms with Gasteiger partial charge in [-0.1, -0.05) is 30.3 Å². The lowest BCUT2D eigenvalue weighted by molar-refractivity contribution is -0.125. The molecule has 0 atom stereocenters. The average Bonchev–Trinajstić information content (AvgIpc) is 2.94. The number of nitrogens with zero attached hydrogens (tertiary/aromatic N) is 5. The van der Waals surface area contributed by atoms with Crippen molar-refractivity contribution in [3.63, 3.8) is 0 Å². The first kappa shape index (κ1) is 27.0. The minimum Gasteiger partial charge on any atom is -0.353 e. The van der Waals surface area contributed by atoms with E-state index >= 15 is 0 Å². The quantitative estimate of drug-likeness (QED) is 0.463. The number of piperidine rings is 1. The highest BCUT2D eigenvalue weighted by Gasteiger charge is 2.21. The van der Waals surface area contributed by atoms with E-state index in [4.69, 9.17) is 9.97 Å².